The zero-order chi connectivity index (χ0) is 11.7. The molecule has 0 aliphatic rings. The first-order valence-corrected chi connectivity index (χ1v) is 5.48. The van der Waals surface area contributed by atoms with Crippen LogP contribution in [0, 0.1) is 5.82 Å². The number of oxazole rings is 1. The number of rotatable bonds is 3. The predicted molar refractivity (Wildman–Crippen MR) is 60.9 cm³/mol. The SMILES string of the molecule is CCC(N)Cc1nc2cc(F)cc(Cl)c2o1. The maximum Gasteiger partial charge on any atom is 0.197 e. The van der Waals surface area contributed by atoms with Gasteiger partial charge in [0.15, 0.2) is 11.5 Å². The van der Waals surface area contributed by atoms with Crippen molar-refractivity contribution in [1.29, 1.82) is 0 Å². The van der Waals surface area contributed by atoms with Gasteiger partial charge in [0, 0.05) is 18.5 Å². The van der Waals surface area contributed by atoms with Crippen molar-refractivity contribution in [2.45, 2.75) is 25.8 Å². The van der Waals surface area contributed by atoms with Gasteiger partial charge in [-0.15, -0.1) is 0 Å². The summed E-state index contributed by atoms with van der Waals surface area (Å²) >= 11 is 5.84. The second-order valence-corrected chi connectivity index (χ2v) is 4.12. The summed E-state index contributed by atoms with van der Waals surface area (Å²) < 4.78 is 18.5. The molecule has 16 heavy (non-hydrogen) atoms. The Balaban J connectivity index is 2.40. The lowest BCUT2D eigenvalue weighted by molar-refractivity contribution is 0.491. The number of halogens is 2. The number of nitrogens with zero attached hydrogens (tertiary/aromatic N) is 1. The van der Waals surface area contributed by atoms with Crippen molar-refractivity contribution in [2.24, 2.45) is 5.73 Å². The molecule has 0 amide bonds. The topological polar surface area (TPSA) is 52.0 Å². The van der Waals surface area contributed by atoms with E-state index in [9.17, 15) is 4.39 Å². The van der Waals surface area contributed by atoms with E-state index in [1.807, 2.05) is 6.92 Å². The van der Waals surface area contributed by atoms with Crippen molar-refractivity contribution in [2.75, 3.05) is 0 Å². The minimum atomic E-state index is -0.419. The summed E-state index contributed by atoms with van der Waals surface area (Å²) in [5.74, 6) is 0.0778. The lowest BCUT2D eigenvalue weighted by Gasteiger charge is -2.03. The molecule has 1 atom stereocenters. The summed E-state index contributed by atoms with van der Waals surface area (Å²) in [4.78, 5) is 4.15. The van der Waals surface area contributed by atoms with Crippen LogP contribution in [0.5, 0.6) is 0 Å². The van der Waals surface area contributed by atoms with Gasteiger partial charge in [-0.1, -0.05) is 18.5 Å². The van der Waals surface area contributed by atoms with E-state index in [-0.39, 0.29) is 11.1 Å². The quantitative estimate of drug-likeness (QED) is 0.900. The molecule has 1 aromatic heterocycles. The molecule has 0 radical (unpaired) electrons. The van der Waals surface area contributed by atoms with Crippen LogP contribution in [0.3, 0.4) is 0 Å². The molecule has 5 heteroatoms. The fourth-order valence-corrected chi connectivity index (χ4v) is 1.70. The molecular formula is C11H12ClFN2O. The molecular weight excluding hydrogens is 231 g/mol. The zero-order valence-electron chi connectivity index (χ0n) is 8.84. The lowest BCUT2D eigenvalue weighted by Crippen LogP contribution is -2.21. The summed E-state index contributed by atoms with van der Waals surface area (Å²) in [5.41, 5.74) is 6.64. The minimum Gasteiger partial charge on any atom is -0.439 e. The average molecular weight is 243 g/mol. The maximum atomic E-state index is 13.0. The Morgan fingerprint density at radius 3 is 3.00 bits per heavy atom. The van der Waals surface area contributed by atoms with E-state index in [0.717, 1.165) is 6.42 Å². The summed E-state index contributed by atoms with van der Waals surface area (Å²) in [5, 5.41) is 0.235. The number of hydrogen-bond acceptors (Lipinski definition) is 3. The number of benzene rings is 1. The van der Waals surface area contributed by atoms with Crippen molar-refractivity contribution in [1.82, 2.24) is 4.98 Å². The molecule has 1 aromatic carbocycles. The number of aromatic nitrogens is 1. The fraction of sp³-hybridized carbons (Fsp3) is 0.364. The molecule has 2 N–H and O–H groups in total. The third-order valence-corrected chi connectivity index (χ3v) is 2.70. The lowest BCUT2D eigenvalue weighted by atomic mass is 10.2. The van der Waals surface area contributed by atoms with E-state index in [1.165, 1.54) is 12.1 Å². The van der Waals surface area contributed by atoms with Crippen LogP contribution >= 0.6 is 11.6 Å². The molecule has 0 bridgehead atoms. The Labute approximate surface area is 97.4 Å². The standard InChI is InChI=1S/C11H12ClFN2O/c1-2-7(14)5-10-15-9-4-6(13)3-8(12)11(9)16-10/h3-4,7H,2,5,14H2,1H3. The highest BCUT2D eigenvalue weighted by Crippen LogP contribution is 2.26. The van der Waals surface area contributed by atoms with Gasteiger partial charge < -0.3 is 10.2 Å². The molecule has 0 saturated carbocycles. The second-order valence-electron chi connectivity index (χ2n) is 3.72. The van der Waals surface area contributed by atoms with Gasteiger partial charge in [-0.25, -0.2) is 9.37 Å². The summed E-state index contributed by atoms with van der Waals surface area (Å²) in [7, 11) is 0. The molecule has 0 aliphatic heterocycles. The Morgan fingerprint density at radius 2 is 2.31 bits per heavy atom. The highest BCUT2D eigenvalue weighted by atomic mass is 35.5. The minimum absolute atomic E-state index is 0.00307. The molecule has 0 saturated heterocycles. The van der Waals surface area contributed by atoms with Crippen molar-refractivity contribution in [3.05, 3.63) is 28.9 Å². The normalized spacial score (nSPS) is 13.2. The van der Waals surface area contributed by atoms with E-state index >= 15 is 0 Å². The summed E-state index contributed by atoms with van der Waals surface area (Å²) in [6.07, 6.45) is 1.37. The molecule has 0 spiro atoms. The van der Waals surface area contributed by atoms with Crippen LogP contribution in [0.2, 0.25) is 5.02 Å². The Kier molecular flexibility index (Phi) is 3.12. The van der Waals surface area contributed by atoms with Crippen LogP contribution in [-0.2, 0) is 6.42 Å². The van der Waals surface area contributed by atoms with E-state index in [1.54, 1.807) is 0 Å². The highest BCUT2D eigenvalue weighted by molar-refractivity contribution is 6.34. The van der Waals surface area contributed by atoms with Gasteiger partial charge in [-0.05, 0) is 12.5 Å². The monoisotopic (exact) mass is 242 g/mol. The molecule has 2 aromatic rings. The molecule has 3 nitrogen and oxygen atoms in total. The Bertz CT molecular complexity index is 512. The highest BCUT2D eigenvalue weighted by Gasteiger charge is 2.12. The van der Waals surface area contributed by atoms with Gasteiger partial charge in [-0.3, -0.25) is 0 Å². The number of nitrogens with two attached hydrogens (primary N) is 1. The van der Waals surface area contributed by atoms with Crippen LogP contribution in [0.1, 0.15) is 19.2 Å². The van der Waals surface area contributed by atoms with Crippen molar-refractivity contribution < 1.29 is 8.81 Å². The summed E-state index contributed by atoms with van der Waals surface area (Å²) in [6.45, 7) is 1.99. The zero-order valence-corrected chi connectivity index (χ0v) is 9.59. The third kappa shape index (κ3) is 2.18. The van der Waals surface area contributed by atoms with Gasteiger partial charge in [0.05, 0.1) is 5.02 Å². The van der Waals surface area contributed by atoms with Crippen LogP contribution in [-0.4, -0.2) is 11.0 Å². The van der Waals surface area contributed by atoms with E-state index in [0.29, 0.717) is 23.4 Å². The molecule has 0 aliphatic carbocycles. The van der Waals surface area contributed by atoms with Crippen LogP contribution in [0.15, 0.2) is 16.5 Å². The largest absolute Gasteiger partial charge is 0.439 e. The first-order chi connectivity index (χ1) is 7.60. The molecule has 86 valence electrons. The average Bonchev–Trinajstić information content (AvgIpc) is 2.60. The van der Waals surface area contributed by atoms with Crippen LogP contribution in [0.25, 0.3) is 11.1 Å². The fourth-order valence-electron chi connectivity index (χ4n) is 1.46. The van der Waals surface area contributed by atoms with Crippen LogP contribution < -0.4 is 5.73 Å². The molecule has 1 heterocycles. The number of fused-ring (bicyclic) bond motifs is 1. The van der Waals surface area contributed by atoms with E-state index in [4.69, 9.17) is 21.8 Å². The number of hydrogen-bond donors (Lipinski definition) is 1. The first-order valence-electron chi connectivity index (χ1n) is 5.10. The first kappa shape index (κ1) is 11.4. The summed E-state index contributed by atoms with van der Waals surface area (Å²) in [6, 6.07) is 2.50. The Morgan fingerprint density at radius 1 is 1.56 bits per heavy atom. The van der Waals surface area contributed by atoms with Gasteiger partial charge in [0.1, 0.15) is 11.3 Å². The van der Waals surface area contributed by atoms with Crippen molar-refractivity contribution >= 4 is 22.7 Å². The van der Waals surface area contributed by atoms with Gasteiger partial charge in [0.25, 0.3) is 0 Å². The van der Waals surface area contributed by atoms with Gasteiger partial charge in [-0.2, -0.15) is 0 Å². The Hall–Kier alpha value is -1.13. The maximum absolute atomic E-state index is 13.0. The van der Waals surface area contributed by atoms with Crippen molar-refractivity contribution in [3.63, 3.8) is 0 Å². The van der Waals surface area contributed by atoms with Gasteiger partial charge in [0.2, 0.25) is 0 Å². The van der Waals surface area contributed by atoms with E-state index < -0.39 is 5.82 Å². The third-order valence-electron chi connectivity index (χ3n) is 2.41. The smallest absolute Gasteiger partial charge is 0.197 e. The molecule has 0 fully saturated rings. The van der Waals surface area contributed by atoms with Crippen LogP contribution in [0.4, 0.5) is 4.39 Å². The predicted octanol–water partition coefficient (Wildman–Crippen LogP) is 2.90. The molecule has 2 rings (SSSR count). The van der Waals surface area contributed by atoms with Crippen molar-refractivity contribution in [3.8, 4) is 0 Å². The van der Waals surface area contributed by atoms with Gasteiger partial charge >= 0.3 is 0 Å². The van der Waals surface area contributed by atoms with E-state index in [2.05, 4.69) is 4.98 Å². The second kappa shape index (κ2) is 4.39. The molecule has 1 unspecified atom stereocenters.